The van der Waals surface area contributed by atoms with E-state index in [1.165, 1.54) is 31.4 Å². The van der Waals surface area contributed by atoms with E-state index >= 15 is 0 Å². The van der Waals surface area contributed by atoms with Gasteiger partial charge in [0.1, 0.15) is 11.5 Å². The van der Waals surface area contributed by atoms with Gasteiger partial charge in [0.25, 0.3) is 0 Å². The number of aliphatic hydroxyl groups excluding tert-OH is 1. The minimum atomic E-state index is -0.798. The highest BCUT2D eigenvalue weighted by atomic mass is 16.5. The summed E-state index contributed by atoms with van der Waals surface area (Å²) in [7, 11) is 2.76. The van der Waals surface area contributed by atoms with E-state index < -0.39 is 23.1 Å². The Balaban J connectivity index is 1.70. The van der Waals surface area contributed by atoms with E-state index in [1.807, 2.05) is 12.1 Å². The summed E-state index contributed by atoms with van der Waals surface area (Å²) in [6.45, 7) is 1.63. The van der Waals surface area contributed by atoms with E-state index in [9.17, 15) is 19.8 Å². The topological polar surface area (TPSA) is 109 Å². The maximum Gasteiger partial charge on any atom is 0.306 e. The number of hydrogen-bond donors (Lipinski definition) is 2. The van der Waals surface area contributed by atoms with Gasteiger partial charge in [0.05, 0.1) is 39.7 Å². The predicted octanol–water partition coefficient (Wildman–Crippen LogP) is 3.10. The summed E-state index contributed by atoms with van der Waals surface area (Å²) in [5.41, 5.74) is 3.05. The third-order valence-corrected chi connectivity index (χ3v) is 6.38. The Hall–Kier alpha value is -3.62. The minimum Gasteiger partial charge on any atom is -0.502 e. The van der Waals surface area contributed by atoms with Gasteiger partial charge in [0, 0.05) is 24.7 Å². The van der Waals surface area contributed by atoms with Crippen molar-refractivity contribution in [2.24, 2.45) is 0 Å². The van der Waals surface area contributed by atoms with Crippen LogP contribution < -0.4 is 10.2 Å². The lowest BCUT2D eigenvalue weighted by Gasteiger charge is -2.28. The second kappa shape index (κ2) is 10.8. The van der Waals surface area contributed by atoms with E-state index in [2.05, 4.69) is 17.0 Å². The van der Waals surface area contributed by atoms with Crippen LogP contribution in [0.2, 0.25) is 0 Å². The number of nitrogens with zero attached hydrogens (tertiary/aromatic N) is 1. The minimum absolute atomic E-state index is 0.00985. The van der Waals surface area contributed by atoms with Crippen LogP contribution in [-0.2, 0) is 35.6 Å². The van der Waals surface area contributed by atoms with Crippen molar-refractivity contribution in [3.05, 3.63) is 92.5 Å². The van der Waals surface area contributed by atoms with Crippen molar-refractivity contribution in [1.82, 2.24) is 4.90 Å². The zero-order chi connectivity index (χ0) is 24.9. The first kappa shape index (κ1) is 24.5. The van der Waals surface area contributed by atoms with Gasteiger partial charge in [-0.05, 0) is 35.2 Å². The van der Waals surface area contributed by atoms with Gasteiger partial charge in [-0.3, -0.25) is 14.5 Å². The Kier molecular flexibility index (Phi) is 7.53. The van der Waals surface area contributed by atoms with Gasteiger partial charge in [-0.2, -0.15) is 0 Å². The van der Waals surface area contributed by atoms with Crippen LogP contribution in [0.1, 0.15) is 46.1 Å². The molecule has 0 aliphatic carbocycles. The molecule has 0 radical (unpaired) electrons. The lowest BCUT2D eigenvalue weighted by Crippen LogP contribution is -2.30. The quantitative estimate of drug-likeness (QED) is 0.475. The predicted molar refractivity (Wildman–Crippen MR) is 128 cm³/mol. The molecule has 8 nitrogen and oxygen atoms in total. The summed E-state index contributed by atoms with van der Waals surface area (Å²) in [4.78, 5) is 27.1. The number of aromatic hydroxyl groups is 1. The van der Waals surface area contributed by atoms with Crippen LogP contribution in [0.25, 0.3) is 0 Å². The molecule has 0 bridgehead atoms. The highest BCUT2D eigenvalue weighted by Crippen LogP contribution is 2.36. The average Bonchev–Trinajstić information content (AvgIpc) is 2.88. The normalized spacial score (nSPS) is 14.3. The number of carbonyl (C=O) groups is 1. The molecule has 0 unspecified atom stereocenters. The molecule has 0 amide bonds. The van der Waals surface area contributed by atoms with Crippen LogP contribution in [-0.4, -0.2) is 41.8 Å². The number of aliphatic hydroxyl groups is 1. The number of methoxy groups -OCH3 is 2. The van der Waals surface area contributed by atoms with Crippen LogP contribution in [0.4, 0.5) is 0 Å². The zero-order valence-electron chi connectivity index (χ0n) is 19.8. The third kappa shape index (κ3) is 5.39. The fourth-order valence-corrected chi connectivity index (χ4v) is 4.53. The van der Waals surface area contributed by atoms with Crippen molar-refractivity contribution in [1.29, 1.82) is 0 Å². The molecule has 1 aromatic heterocycles. The molecular formula is C27H29NO7. The molecule has 0 fully saturated rings. The molecule has 8 heteroatoms. The number of rotatable bonds is 8. The highest BCUT2D eigenvalue weighted by Gasteiger charge is 2.28. The largest absolute Gasteiger partial charge is 0.502 e. The Bertz CT molecular complexity index is 1270. The molecular weight excluding hydrogens is 450 g/mol. The fourth-order valence-electron chi connectivity index (χ4n) is 4.53. The summed E-state index contributed by atoms with van der Waals surface area (Å²) < 4.78 is 16.2. The highest BCUT2D eigenvalue weighted by molar-refractivity contribution is 5.71. The van der Waals surface area contributed by atoms with Crippen molar-refractivity contribution in [2.75, 3.05) is 20.8 Å². The summed E-state index contributed by atoms with van der Waals surface area (Å²) in [6.07, 6.45) is 0.733. The molecule has 1 aliphatic rings. The van der Waals surface area contributed by atoms with Gasteiger partial charge in [0.15, 0.2) is 5.76 Å². The molecule has 184 valence electrons. The van der Waals surface area contributed by atoms with Crippen molar-refractivity contribution in [3.63, 3.8) is 0 Å². The third-order valence-electron chi connectivity index (χ3n) is 6.38. The second-order valence-electron chi connectivity index (χ2n) is 8.58. The van der Waals surface area contributed by atoms with E-state index in [0.29, 0.717) is 29.2 Å². The summed E-state index contributed by atoms with van der Waals surface area (Å²) in [5, 5.41) is 20.4. The van der Waals surface area contributed by atoms with Crippen molar-refractivity contribution in [2.45, 2.75) is 38.5 Å². The Morgan fingerprint density at radius 1 is 1.14 bits per heavy atom. The van der Waals surface area contributed by atoms with Gasteiger partial charge in [-0.25, -0.2) is 0 Å². The maximum atomic E-state index is 12.7. The summed E-state index contributed by atoms with van der Waals surface area (Å²) >= 11 is 0. The Labute approximate surface area is 203 Å². The summed E-state index contributed by atoms with van der Waals surface area (Å²) in [5.74, 6) is -1.01. The maximum absolute atomic E-state index is 12.7. The van der Waals surface area contributed by atoms with Gasteiger partial charge >= 0.3 is 5.97 Å². The molecule has 2 N–H and O–H groups in total. The standard InChI is InChI=1S/C27H29NO7/c1-33-24-8-7-18(11-20(24)16-29)22(13-25(31)34-2)27-26(32)23(30)12-21(35-27)15-28-10-9-17-5-3-4-6-19(17)14-28/h3-8,11-12,22,29,32H,9-10,13-16H2,1-2H3/t22-/m0/s1. The number of esters is 1. The second-order valence-corrected chi connectivity index (χ2v) is 8.58. The molecule has 2 aromatic carbocycles. The van der Waals surface area contributed by atoms with Crippen LogP contribution in [0, 0.1) is 0 Å². The molecule has 0 saturated carbocycles. The smallest absolute Gasteiger partial charge is 0.306 e. The molecule has 4 rings (SSSR count). The Morgan fingerprint density at radius 2 is 1.91 bits per heavy atom. The lowest BCUT2D eigenvalue weighted by molar-refractivity contribution is -0.140. The fraction of sp³-hybridized carbons (Fsp3) is 0.333. The lowest BCUT2D eigenvalue weighted by atomic mass is 9.90. The van der Waals surface area contributed by atoms with Crippen LogP contribution in [0.15, 0.2) is 57.7 Å². The van der Waals surface area contributed by atoms with Crippen LogP contribution in [0.3, 0.4) is 0 Å². The molecule has 1 atom stereocenters. The van der Waals surface area contributed by atoms with Gasteiger partial charge < -0.3 is 24.1 Å². The zero-order valence-corrected chi connectivity index (χ0v) is 19.8. The molecule has 35 heavy (non-hydrogen) atoms. The van der Waals surface area contributed by atoms with E-state index in [4.69, 9.17) is 13.9 Å². The first-order valence-corrected chi connectivity index (χ1v) is 11.4. The number of ether oxygens (including phenoxy) is 2. The van der Waals surface area contributed by atoms with Crippen molar-refractivity contribution < 1.29 is 28.9 Å². The van der Waals surface area contributed by atoms with Gasteiger partial charge in [0.2, 0.25) is 11.2 Å². The van der Waals surface area contributed by atoms with E-state index in [0.717, 1.165) is 19.5 Å². The van der Waals surface area contributed by atoms with Crippen LogP contribution in [0.5, 0.6) is 11.5 Å². The number of benzene rings is 2. The molecule has 3 aromatic rings. The average molecular weight is 480 g/mol. The number of hydrogen-bond acceptors (Lipinski definition) is 8. The van der Waals surface area contributed by atoms with Crippen molar-refractivity contribution >= 4 is 5.97 Å². The van der Waals surface area contributed by atoms with Gasteiger partial charge in [-0.1, -0.05) is 30.3 Å². The van der Waals surface area contributed by atoms with E-state index in [-0.39, 0.29) is 18.8 Å². The first-order chi connectivity index (χ1) is 16.9. The first-order valence-electron chi connectivity index (χ1n) is 11.4. The molecule has 1 aliphatic heterocycles. The molecule has 0 saturated heterocycles. The molecule has 0 spiro atoms. The van der Waals surface area contributed by atoms with E-state index in [1.54, 1.807) is 18.2 Å². The molecule has 2 heterocycles. The van der Waals surface area contributed by atoms with Gasteiger partial charge in [-0.15, -0.1) is 0 Å². The monoisotopic (exact) mass is 479 g/mol. The van der Waals surface area contributed by atoms with Crippen molar-refractivity contribution in [3.8, 4) is 11.5 Å². The number of fused-ring (bicyclic) bond motifs is 1. The SMILES string of the molecule is COC(=O)C[C@@H](c1ccc(OC)c(CO)c1)c1oc(CN2CCc3ccccc3C2)cc(=O)c1O. The van der Waals surface area contributed by atoms with Crippen LogP contribution >= 0.6 is 0 Å². The number of carbonyl (C=O) groups excluding carboxylic acids is 1. The Morgan fingerprint density at radius 3 is 2.63 bits per heavy atom. The summed E-state index contributed by atoms with van der Waals surface area (Å²) in [6, 6.07) is 14.6.